The molecule has 0 unspecified atom stereocenters. The molecule has 0 atom stereocenters. The second kappa shape index (κ2) is 10.4. The zero-order chi connectivity index (χ0) is 19.8. The second-order valence-corrected chi connectivity index (χ2v) is 7.37. The van der Waals surface area contributed by atoms with Crippen molar-refractivity contribution >= 4 is 29.1 Å². The SMILES string of the molecule is COc1cc(Cl)c(C)cc1NC(=O)CCN(CCC1=CCCCC1)C(C)=O. The van der Waals surface area contributed by atoms with Gasteiger partial charge < -0.3 is 15.0 Å². The van der Waals surface area contributed by atoms with Crippen LogP contribution in [0.15, 0.2) is 23.8 Å². The molecule has 6 heteroatoms. The first-order valence-corrected chi connectivity index (χ1v) is 9.86. The van der Waals surface area contributed by atoms with Gasteiger partial charge in [-0.25, -0.2) is 0 Å². The van der Waals surface area contributed by atoms with E-state index >= 15 is 0 Å². The van der Waals surface area contributed by atoms with Crippen LogP contribution in [-0.2, 0) is 9.59 Å². The van der Waals surface area contributed by atoms with Crippen LogP contribution in [0.5, 0.6) is 5.75 Å². The highest BCUT2D eigenvalue weighted by Crippen LogP contribution is 2.31. The Morgan fingerprint density at radius 2 is 2.04 bits per heavy atom. The largest absolute Gasteiger partial charge is 0.495 e. The Kier molecular flexibility index (Phi) is 8.17. The molecule has 148 valence electrons. The van der Waals surface area contributed by atoms with E-state index in [0.29, 0.717) is 29.5 Å². The van der Waals surface area contributed by atoms with Crippen molar-refractivity contribution in [1.29, 1.82) is 0 Å². The first-order chi connectivity index (χ1) is 12.9. The summed E-state index contributed by atoms with van der Waals surface area (Å²) in [5.41, 5.74) is 2.88. The molecule has 27 heavy (non-hydrogen) atoms. The van der Waals surface area contributed by atoms with Crippen LogP contribution < -0.4 is 10.1 Å². The van der Waals surface area contributed by atoms with E-state index in [-0.39, 0.29) is 18.2 Å². The van der Waals surface area contributed by atoms with E-state index < -0.39 is 0 Å². The van der Waals surface area contributed by atoms with Crippen molar-refractivity contribution in [3.8, 4) is 5.75 Å². The van der Waals surface area contributed by atoms with Crippen LogP contribution in [0.3, 0.4) is 0 Å². The maximum atomic E-state index is 12.4. The van der Waals surface area contributed by atoms with Crippen molar-refractivity contribution in [3.05, 3.63) is 34.4 Å². The quantitative estimate of drug-likeness (QED) is 0.651. The predicted octanol–water partition coefficient (Wildman–Crippen LogP) is 4.72. The van der Waals surface area contributed by atoms with Gasteiger partial charge in [0.05, 0.1) is 12.8 Å². The minimum Gasteiger partial charge on any atom is -0.495 e. The summed E-state index contributed by atoms with van der Waals surface area (Å²) in [5, 5.41) is 3.44. The monoisotopic (exact) mass is 392 g/mol. The van der Waals surface area contributed by atoms with Crippen LogP contribution in [0.1, 0.15) is 51.0 Å². The molecule has 0 aliphatic heterocycles. The Balaban J connectivity index is 1.89. The van der Waals surface area contributed by atoms with E-state index in [4.69, 9.17) is 16.3 Å². The molecule has 1 aliphatic rings. The lowest BCUT2D eigenvalue weighted by Gasteiger charge is -2.22. The summed E-state index contributed by atoms with van der Waals surface area (Å²) in [6.45, 7) is 4.49. The zero-order valence-corrected chi connectivity index (χ0v) is 17.2. The summed E-state index contributed by atoms with van der Waals surface area (Å²) in [5.74, 6) is 0.365. The molecule has 1 N–H and O–H groups in total. The Morgan fingerprint density at radius 3 is 2.67 bits per heavy atom. The van der Waals surface area contributed by atoms with Crippen molar-refractivity contribution in [2.45, 2.75) is 52.4 Å². The highest BCUT2D eigenvalue weighted by atomic mass is 35.5. The molecule has 2 rings (SSSR count). The number of benzene rings is 1. The summed E-state index contributed by atoms with van der Waals surface area (Å²) >= 11 is 6.10. The average Bonchev–Trinajstić information content (AvgIpc) is 2.65. The molecular weight excluding hydrogens is 364 g/mol. The van der Waals surface area contributed by atoms with Gasteiger partial charge in [0.1, 0.15) is 5.75 Å². The van der Waals surface area contributed by atoms with Crippen molar-refractivity contribution in [3.63, 3.8) is 0 Å². The average molecular weight is 393 g/mol. The van der Waals surface area contributed by atoms with E-state index in [1.807, 2.05) is 6.92 Å². The summed E-state index contributed by atoms with van der Waals surface area (Å²) in [7, 11) is 1.54. The van der Waals surface area contributed by atoms with Crippen LogP contribution in [0, 0.1) is 6.92 Å². The predicted molar refractivity (Wildman–Crippen MR) is 109 cm³/mol. The maximum absolute atomic E-state index is 12.4. The van der Waals surface area contributed by atoms with Gasteiger partial charge in [-0.15, -0.1) is 0 Å². The van der Waals surface area contributed by atoms with Crippen molar-refractivity contribution < 1.29 is 14.3 Å². The fraction of sp³-hybridized carbons (Fsp3) is 0.524. The van der Waals surface area contributed by atoms with E-state index in [1.54, 1.807) is 24.0 Å². The minimum atomic E-state index is -0.154. The number of carbonyl (C=O) groups excluding carboxylic acids is 2. The van der Waals surface area contributed by atoms with Gasteiger partial charge in [0, 0.05) is 37.5 Å². The van der Waals surface area contributed by atoms with Crippen LogP contribution in [0.4, 0.5) is 5.69 Å². The standard InChI is InChI=1S/C21H29ClN2O3/c1-15-13-19(20(27-3)14-18(15)22)23-21(26)10-12-24(16(2)25)11-9-17-7-5-4-6-8-17/h7,13-14H,4-6,8-12H2,1-3H3,(H,23,26). The summed E-state index contributed by atoms with van der Waals surface area (Å²) in [6.07, 6.45) is 8.19. The van der Waals surface area contributed by atoms with Crippen LogP contribution in [0.2, 0.25) is 5.02 Å². The number of aryl methyl sites for hydroxylation is 1. The molecule has 0 bridgehead atoms. The molecule has 2 amide bonds. The normalized spacial score (nSPS) is 13.7. The number of rotatable bonds is 8. The number of hydrogen-bond donors (Lipinski definition) is 1. The van der Waals surface area contributed by atoms with Crippen molar-refractivity contribution in [2.24, 2.45) is 0 Å². The number of allylic oxidation sites excluding steroid dienone is 1. The third-order valence-corrected chi connectivity index (χ3v) is 5.30. The zero-order valence-electron chi connectivity index (χ0n) is 16.4. The van der Waals surface area contributed by atoms with Gasteiger partial charge >= 0.3 is 0 Å². The number of nitrogens with zero attached hydrogens (tertiary/aromatic N) is 1. The Bertz CT molecular complexity index is 716. The number of carbonyl (C=O) groups is 2. The van der Waals surface area contributed by atoms with Crippen LogP contribution in [-0.4, -0.2) is 36.9 Å². The molecule has 0 aromatic heterocycles. The van der Waals surface area contributed by atoms with Crippen LogP contribution in [0.25, 0.3) is 0 Å². The molecule has 1 aromatic carbocycles. The molecule has 0 saturated heterocycles. The number of ether oxygens (including phenoxy) is 1. The Labute approximate surface area is 166 Å². The smallest absolute Gasteiger partial charge is 0.226 e. The third-order valence-electron chi connectivity index (χ3n) is 4.90. The maximum Gasteiger partial charge on any atom is 0.226 e. The van der Waals surface area contributed by atoms with Crippen molar-refractivity contribution in [1.82, 2.24) is 4.90 Å². The number of hydrogen-bond acceptors (Lipinski definition) is 3. The number of nitrogens with one attached hydrogen (secondary N) is 1. The number of anilines is 1. The molecule has 0 saturated carbocycles. The van der Waals surface area contributed by atoms with E-state index in [9.17, 15) is 9.59 Å². The summed E-state index contributed by atoms with van der Waals surface area (Å²) in [4.78, 5) is 26.0. The highest BCUT2D eigenvalue weighted by Gasteiger charge is 2.15. The molecule has 0 heterocycles. The molecule has 0 fully saturated rings. The lowest BCUT2D eigenvalue weighted by atomic mass is 9.97. The molecule has 0 spiro atoms. The fourth-order valence-electron chi connectivity index (χ4n) is 3.22. The summed E-state index contributed by atoms with van der Waals surface area (Å²) in [6, 6.07) is 3.48. The highest BCUT2D eigenvalue weighted by molar-refractivity contribution is 6.31. The van der Waals surface area contributed by atoms with Gasteiger partial charge in [0.2, 0.25) is 11.8 Å². The van der Waals surface area contributed by atoms with Gasteiger partial charge in [0.25, 0.3) is 0 Å². The van der Waals surface area contributed by atoms with E-state index in [0.717, 1.165) is 24.8 Å². The van der Waals surface area contributed by atoms with Gasteiger partial charge in [-0.05, 0) is 50.7 Å². The number of halogens is 1. The third kappa shape index (κ3) is 6.58. The van der Waals surface area contributed by atoms with Crippen LogP contribution >= 0.6 is 11.6 Å². The van der Waals surface area contributed by atoms with Gasteiger partial charge in [-0.3, -0.25) is 9.59 Å². The molecule has 1 aliphatic carbocycles. The molecule has 0 radical (unpaired) electrons. The topological polar surface area (TPSA) is 58.6 Å². The fourth-order valence-corrected chi connectivity index (χ4v) is 3.37. The number of methoxy groups -OCH3 is 1. The molecule has 5 nitrogen and oxygen atoms in total. The Hall–Kier alpha value is -2.01. The second-order valence-electron chi connectivity index (χ2n) is 6.96. The minimum absolute atomic E-state index is 0.000808. The van der Waals surface area contributed by atoms with Gasteiger partial charge in [-0.2, -0.15) is 0 Å². The lowest BCUT2D eigenvalue weighted by Crippen LogP contribution is -2.33. The first-order valence-electron chi connectivity index (χ1n) is 9.48. The molecule has 1 aromatic rings. The van der Waals surface area contributed by atoms with E-state index in [1.165, 1.54) is 25.5 Å². The summed E-state index contributed by atoms with van der Waals surface area (Å²) < 4.78 is 5.28. The lowest BCUT2D eigenvalue weighted by molar-refractivity contribution is -0.129. The number of amides is 2. The van der Waals surface area contributed by atoms with E-state index in [2.05, 4.69) is 11.4 Å². The molecular formula is C21H29ClN2O3. The Morgan fingerprint density at radius 1 is 1.26 bits per heavy atom. The van der Waals surface area contributed by atoms with Gasteiger partial charge in [0.15, 0.2) is 0 Å². The van der Waals surface area contributed by atoms with Crippen molar-refractivity contribution in [2.75, 3.05) is 25.5 Å². The van der Waals surface area contributed by atoms with Gasteiger partial charge in [-0.1, -0.05) is 23.3 Å². The first kappa shape index (κ1) is 21.3.